The second kappa shape index (κ2) is 1.79. The Kier molecular flexibility index (Phi) is 1.24. The Morgan fingerprint density at radius 2 is 2.44 bits per heavy atom. The molecule has 9 heavy (non-hydrogen) atoms. The fraction of sp³-hybridized carbons (Fsp3) is 0.429. The summed E-state index contributed by atoms with van der Waals surface area (Å²) in [6.07, 6.45) is 3.21. The number of allylic oxidation sites excluding steroid dienone is 1. The summed E-state index contributed by atoms with van der Waals surface area (Å²) in [5, 5.41) is 0. The number of hydrogen-bond acceptors (Lipinski definition) is 2. The van der Waals surface area contributed by atoms with Gasteiger partial charge in [-0.25, -0.2) is 0 Å². The smallest absolute Gasteiger partial charge is 0.267 e. The first-order valence-corrected chi connectivity index (χ1v) is 2.83. The van der Waals surface area contributed by atoms with Gasteiger partial charge in [-0.3, -0.25) is 0 Å². The molecule has 0 saturated heterocycles. The van der Waals surface area contributed by atoms with Gasteiger partial charge < -0.3 is 9.47 Å². The Labute approximate surface area is 54.8 Å². The van der Waals surface area contributed by atoms with Gasteiger partial charge in [-0.2, -0.15) is 0 Å². The molecule has 0 N–H and O–H groups in total. The first kappa shape index (κ1) is 6.20. The summed E-state index contributed by atoms with van der Waals surface area (Å²) < 4.78 is 10.3. The fourth-order valence-electron chi connectivity index (χ4n) is 0.658. The predicted octanol–water partition coefficient (Wildman–Crippen LogP) is 1.80. The lowest BCUT2D eigenvalue weighted by Gasteiger charge is -2.18. The molecule has 0 radical (unpaired) electrons. The van der Waals surface area contributed by atoms with Crippen LogP contribution in [0.4, 0.5) is 0 Å². The molecule has 0 aromatic carbocycles. The van der Waals surface area contributed by atoms with E-state index in [9.17, 15) is 0 Å². The maximum atomic E-state index is 5.22. The standard InChI is InChI=1S/C7H10O2/c1-4-7(3)8-5-6(2)9-7/h4-5H,1H2,2-3H3. The molecule has 1 atom stereocenters. The van der Waals surface area contributed by atoms with Crippen molar-refractivity contribution in [3.05, 3.63) is 24.7 Å². The normalized spacial score (nSPS) is 32.4. The lowest BCUT2D eigenvalue weighted by molar-refractivity contribution is -0.0891. The van der Waals surface area contributed by atoms with Crippen LogP contribution in [0.1, 0.15) is 13.8 Å². The third-order valence-electron chi connectivity index (χ3n) is 1.19. The number of hydrogen-bond donors (Lipinski definition) is 0. The molecule has 2 heteroatoms. The summed E-state index contributed by atoms with van der Waals surface area (Å²) in [7, 11) is 0. The predicted molar refractivity (Wildman–Crippen MR) is 34.5 cm³/mol. The van der Waals surface area contributed by atoms with Crippen molar-refractivity contribution >= 4 is 0 Å². The van der Waals surface area contributed by atoms with Gasteiger partial charge in [0.2, 0.25) is 0 Å². The van der Waals surface area contributed by atoms with Crippen LogP contribution in [0.3, 0.4) is 0 Å². The Morgan fingerprint density at radius 1 is 1.78 bits per heavy atom. The molecule has 0 bridgehead atoms. The third kappa shape index (κ3) is 1.07. The molecule has 1 aliphatic rings. The van der Waals surface area contributed by atoms with Crippen molar-refractivity contribution in [3.63, 3.8) is 0 Å². The molecule has 0 fully saturated rings. The van der Waals surface area contributed by atoms with Gasteiger partial charge >= 0.3 is 0 Å². The number of rotatable bonds is 1. The molecule has 1 unspecified atom stereocenters. The van der Waals surface area contributed by atoms with Crippen LogP contribution in [0.5, 0.6) is 0 Å². The molecule has 1 aliphatic heterocycles. The molecule has 1 rings (SSSR count). The van der Waals surface area contributed by atoms with E-state index in [-0.39, 0.29) is 0 Å². The Balaban J connectivity index is 2.63. The van der Waals surface area contributed by atoms with Gasteiger partial charge in [0, 0.05) is 6.92 Å². The van der Waals surface area contributed by atoms with Crippen molar-refractivity contribution in [1.82, 2.24) is 0 Å². The van der Waals surface area contributed by atoms with Crippen LogP contribution in [0.25, 0.3) is 0 Å². The summed E-state index contributed by atoms with van der Waals surface area (Å²) in [6.45, 7) is 7.22. The molecule has 0 aliphatic carbocycles. The van der Waals surface area contributed by atoms with Crippen LogP contribution in [-0.2, 0) is 9.47 Å². The van der Waals surface area contributed by atoms with Crippen LogP contribution >= 0.6 is 0 Å². The maximum Gasteiger partial charge on any atom is 0.267 e. The highest BCUT2D eigenvalue weighted by Gasteiger charge is 2.27. The van der Waals surface area contributed by atoms with E-state index in [4.69, 9.17) is 9.47 Å². The van der Waals surface area contributed by atoms with Crippen molar-refractivity contribution in [2.75, 3.05) is 0 Å². The van der Waals surface area contributed by atoms with Crippen molar-refractivity contribution < 1.29 is 9.47 Å². The maximum absolute atomic E-state index is 5.22. The summed E-state index contributed by atoms with van der Waals surface area (Å²) in [5.41, 5.74) is 0. The molecule has 1 heterocycles. The lowest BCUT2D eigenvalue weighted by Crippen LogP contribution is -2.21. The quantitative estimate of drug-likeness (QED) is 0.499. The molecule has 0 aromatic rings. The SMILES string of the molecule is C=CC1(C)OC=C(C)O1. The first-order valence-electron chi connectivity index (χ1n) is 2.83. The molecular formula is C7H10O2. The van der Waals surface area contributed by atoms with Crippen LogP contribution in [0.2, 0.25) is 0 Å². The van der Waals surface area contributed by atoms with Crippen LogP contribution in [0, 0.1) is 0 Å². The molecule has 0 spiro atoms. The highest BCUT2D eigenvalue weighted by atomic mass is 16.7. The second-order valence-electron chi connectivity index (χ2n) is 2.17. The van der Waals surface area contributed by atoms with E-state index >= 15 is 0 Å². The Hall–Kier alpha value is -0.920. The van der Waals surface area contributed by atoms with Crippen molar-refractivity contribution in [2.24, 2.45) is 0 Å². The molecule has 0 saturated carbocycles. The lowest BCUT2D eigenvalue weighted by atomic mass is 10.3. The average Bonchev–Trinajstić information content (AvgIpc) is 2.13. The van der Waals surface area contributed by atoms with Gasteiger partial charge in [0.15, 0.2) is 0 Å². The minimum Gasteiger partial charge on any atom is -0.453 e. The van der Waals surface area contributed by atoms with E-state index in [1.165, 1.54) is 0 Å². The van der Waals surface area contributed by atoms with Crippen LogP contribution in [0.15, 0.2) is 24.7 Å². The van der Waals surface area contributed by atoms with E-state index < -0.39 is 5.79 Å². The van der Waals surface area contributed by atoms with E-state index in [1.54, 1.807) is 12.3 Å². The van der Waals surface area contributed by atoms with Gasteiger partial charge in [-0.15, -0.1) is 0 Å². The topological polar surface area (TPSA) is 18.5 Å². The molecule has 2 nitrogen and oxygen atoms in total. The summed E-state index contributed by atoms with van der Waals surface area (Å²) in [6, 6.07) is 0. The van der Waals surface area contributed by atoms with Crippen molar-refractivity contribution in [3.8, 4) is 0 Å². The van der Waals surface area contributed by atoms with Crippen LogP contribution < -0.4 is 0 Å². The first-order chi connectivity index (χ1) is 4.16. The Bertz CT molecular complexity index is 160. The van der Waals surface area contributed by atoms with E-state index in [0.29, 0.717) is 0 Å². The fourth-order valence-corrected chi connectivity index (χ4v) is 0.658. The molecule has 0 amide bonds. The number of ether oxygens (including phenoxy) is 2. The average molecular weight is 126 g/mol. The summed E-state index contributed by atoms with van der Waals surface area (Å²) >= 11 is 0. The van der Waals surface area contributed by atoms with Crippen molar-refractivity contribution in [2.45, 2.75) is 19.6 Å². The molecule has 0 aromatic heterocycles. The van der Waals surface area contributed by atoms with Gasteiger partial charge in [0.25, 0.3) is 5.79 Å². The van der Waals surface area contributed by atoms with Gasteiger partial charge in [-0.1, -0.05) is 6.58 Å². The summed E-state index contributed by atoms with van der Waals surface area (Å²) in [5.74, 6) is 0.168. The zero-order valence-electron chi connectivity index (χ0n) is 5.68. The molecular weight excluding hydrogens is 116 g/mol. The van der Waals surface area contributed by atoms with E-state index in [1.807, 2.05) is 13.8 Å². The van der Waals surface area contributed by atoms with E-state index in [0.717, 1.165) is 5.76 Å². The molecule has 50 valence electrons. The van der Waals surface area contributed by atoms with E-state index in [2.05, 4.69) is 6.58 Å². The minimum absolute atomic E-state index is 0.621. The van der Waals surface area contributed by atoms with Gasteiger partial charge in [-0.05, 0) is 13.0 Å². The van der Waals surface area contributed by atoms with Crippen molar-refractivity contribution in [1.29, 1.82) is 0 Å². The third-order valence-corrected chi connectivity index (χ3v) is 1.19. The van der Waals surface area contributed by atoms with Gasteiger partial charge in [0.05, 0.1) is 0 Å². The van der Waals surface area contributed by atoms with Gasteiger partial charge in [0.1, 0.15) is 12.0 Å². The minimum atomic E-state index is -0.621. The zero-order valence-corrected chi connectivity index (χ0v) is 5.68. The van der Waals surface area contributed by atoms with Crippen LogP contribution in [-0.4, -0.2) is 5.79 Å². The summed E-state index contributed by atoms with van der Waals surface area (Å²) in [4.78, 5) is 0. The highest BCUT2D eigenvalue weighted by molar-refractivity contribution is 4.99. The monoisotopic (exact) mass is 126 g/mol. The highest BCUT2D eigenvalue weighted by Crippen LogP contribution is 2.24. The zero-order chi connectivity index (χ0) is 6.91. The Morgan fingerprint density at radius 3 is 2.67 bits per heavy atom. The second-order valence-corrected chi connectivity index (χ2v) is 2.17. The largest absolute Gasteiger partial charge is 0.453 e.